The zero-order chi connectivity index (χ0) is 51.2. The highest BCUT2D eigenvalue weighted by Gasteiger charge is 2.02. The normalized spacial score (nSPS) is 9.44. The van der Waals surface area contributed by atoms with Crippen LogP contribution < -0.4 is 20.1 Å². The van der Waals surface area contributed by atoms with E-state index in [4.69, 9.17) is 24.8 Å². The van der Waals surface area contributed by atoms with Crippen LogP contribution in [0.5, 0.6) is 40.2 Å². The smallest absolute Gasteiger partial charge is 0.227 e. The lowest BCUT2D eigenvalue weighted by atomic mass is 10.1. The van der Waals surface area contributed by atoms with Crippen molar-refractivity contribution in [2.24, 2.45) is 0 Å². The molecule has 0 saturated carbocycles. The van der Waals surface area contributed by atoms with E-state index in [2.05, 4.69) is 102 Å². The van der Waals surface area contributed by atoms with Crippen LogP contribution >= 0.6 is 0 Å². The molecule has 10 heteroatoms. The van der Waals surface area contributed by atoms with E-state index in [0.717, 1.165) is 67.6 Å². The highest BCUT2D eigenvalue weighted by molar-refractivity contribution is 5.37. The molecule has 1 aromatic heterocycles. The third-order valence-corrected chi connectivity index (χ3v) is 9.48. The number of nitrogens with one attached hydrogen (secondary N) is 2. The Kier molecular flexibility index (Phi) is 30.2. The van der Waals surface area contributed by atoms with E-state index in [1.165, 1.54) is 22.3 Å². The van der Waals surface area contributed by atoms with Gasteiger partial charge in [-0.1, -0.05) is 145 Å². The molecule has 8 rings (SSSR count). The number of anilines is 2. The summed E-state index contributed by atoms with van der Waals surface area (Å²) in [5.74, 6) is 6.53. The number of benzene rings is 7. The number of hydrogen-bond donors (Lipinski definition) is 5. The molecule has 0 aliphatic heterocycles. The molecule has 1 heterocycles. The van der Waals surface area contributed by atoms with Crippen molar-refractivity contribution in [3.8, 4) is 40.2 Å². The largest absolute Gasteiger partial charge is 0.508 e. The minimum Gasteiger partial charge on any atom is -0.508 e. The van der Waals surface area contributed by atoms with Gasteiger partial charge in [-0.05, 0) is 154 Å². The average molecular weight is 946 g/mol. The predicted octanol–water partition coefficient (Wildman–Crippen LogP) is 15.5. The molecule has 7 aromatic carbocycles. The molecule has 70 heavy (non-hydrogen) atoms. The number of para-hydroxylation sites is 3. The molecule has 0 aliphatic carbocycles. The SMILES string of the molecule is CC.CCNc1nc(C)nc(NCC)n1.CCc1ccc(Oc2ccc(CC)cc2)cc1.CCc1ccc(Oc2ccc(CC)cc2)cc1.Oc1ccccc1.Oc1ccccc1.Oc1ccccc1. The van der Waals surface area contributed by atoms with Crippen LogP contribution in [-0.2, 0) is 25.7 Å². The van der Waals surface area contributed by atoms with Gasteiger partial charge in [0.05, 0.1) is 0 Å². The number of phenols is 3. The van der Waals surface area contributed by atoms with Gasteiger partial charge in [0, 0.05) is 13.1 Å². The van der Waals surface area contributed by atoms with E-state index in [0.29, 0.717) is 29.1 Å². The molecule has 0 fully saturated rings. The van der Waals surface area contributed by atoms with Crippen LogP contribution in [0.15, 0.2) is 188 Å². The van der Waals surface area contributed by atoms with Crippen molar-refractivity contribution < 1.29 is 24.8 Å². The van der Waals surface area contributed by atoms with E-state index in [-0.39, 0.29) is 0 Å². The summed E-state index contributed by atoms with van der Waals surface area (Å²) in [7, 11) is 0. The van der Waals surface area contributed by atoms with Crippen molar-refractivity contribution in [3.63, 3.8) is 0 Å². The number of aryl methyl sites for hydroxylation is 5. The van der Waals surface area contributed by atoms with E-state index >= 15 is 0 Å². The summed E-state index contributed by atoms with van der Waals surface area (Å²) in [6.45, 7) is 20.1. The summed E-state index contributed by atoms with van der Waals surface area (Å²) in [5, 5.41) is 32.0. The summed E-state index contributed by atoms with van der Waals surface area (Å²) in [6, 6.07) is 59.2. The van der Waals surface area contributed by atoms with Crippen LogP contribution in [0.3, 0.4) is 0 Å². The standard InChI is InChI=1S/2C16H18O.C8H15N5.3C6H6O.C2H6/c2*1-3-13-5-9-15(10-6-13)17-16-11-7-14(4-2)8-12-16;1-4-9-7-11-6(3)12-8(13-7)10-5-2;3*7-6-4-2-1-3-5-6;1-2/h2*5-12H,3-4H2,1-2H3;4-5H2,1-3H3,(H2,9,10,11,12,13);3*1-5,7H;1-2H3. The van der Waals surface area contributed by atoms with E-state index in [1.807, 2.05) is 101 Å². The van der Waals surface area contributed by atoms with E-state index < -0.39 is 0 Å². The van der Waals surface area contributed by atoms with Crippen LogP contribution in [0.1, 0.15) is 83.5 Å². The van der Waals surface area contributed by atoms with Crippen molar-refractivity contribution in [1.29, 1.82) is 0 Å². The van der Waals surface area contributed by atoms with Crippen molar-refractivity contribution in [2.45, 2.75) is 88.0 Å². The Labute approximate surface area is 418 Å². The van der Waals surface area contributed by atoms with Gasteiger partial charge in [0.1, 0.15) is 46.1 Å². The highest BCUT2D eigenvalue weighted by atomic mass is 16.5. The van der Waals surface area contributed by atoms with Gasteiger partial charge in [-0.15, -0.1) is 0 Å². The topological polar surface area (TPSA) is 142 Å². The highest BCUT2D eigenvalue weighted by Crippen LogP contribution is 2.24. The fraction of sp³-hybridized carbons (Fsp3) is 0.250. The lowest BCUT2D eigenvalue weighted by Crippen LogP contribution is -2.09. The maximum absolute atomic E-state index is 8.63. The Morgan fingerprint density at radius 2 is 0.571 bits per heavy atom. The first-order valence-corrected chi connectivity index (χ1v) is 24.2. The van der Waals surface area contributed by atoms with Gasteiger partial charge in [-0.3, -0.25) is 0 Å². The van der Waals surface area contributed by atoms with Gasteiger partial charge in [-0.2, -0.15) is 15.0 Å². The van der Waals surface area contributed by atoms with Crippen LogP contribution in [0.2, 0.25) is 0 Å². The second kappa shape index (κ2) is 36.2. The zero-order valence-corrected chi connectivity index (χ0v) is 42.6. The quantitative estimate of drug-likeness (QED) is 0.0803. The molecule has 0 amide bonds. The molecular formula is C60H75N5O5. The molecule has 5 N–H and O–H groups in total. The summed E-state index contributed by atoms with van der Waals surface area (Å²) in [6.07, 6.45) is 4.24. The molecule has 0 aliphatic rings. The molecule has 0 saturated heterocycles. The van der Waals surface area contributed by atoms with Gasteiger partial charge in [0.2, 0.25) is 11.9 Å². The first-order chi connectivity index (χ1) is 34.1. The Balaban J connectivity index is 0.000000297. The third kappa shape index (κ3) is 25.9. The third-order valence-electron chi connectivity index (χ3n) is 9.48. The maximum Gasteiger partial charge on any atom is 0.227 e. The molecule has 10 nitrogen and oxygen atoms in total. The lowest BCUT2D eigenvalue weighted by molar-refractivity contribution is 0.475. The monoisotopic (exact) mass is 946 g/mol. The van der Waals surface area contributed by atoms with Crippen molar-refractivity contribution >= 4 is 11.9 Å². The number of aromatic nitrogens is 3. The van der Waals surface area contributed by atoms with Crippen LogP contribution in [0.4, 0.5) is 11.9 Å². The van der Waals surface area contributed by atoms with Gasteiger partial charge >= 0.3 is 0 Å². The van der Waals surface area contributed by atoms with E-state index in [9.17, 15) is 0 Å². The van der Waals surface area contributed by atoms with Crippen LogP contribution in [-0.4, -0.2) is 43.4 Å². The molecule has 8 aromatic rings. The molecule has 0 radical (unpaired) electrons. The van der Waals surface area contributed by atoms with Gasteiger partial charge in [0.15, 0.2) is 0 Å². The lowest BCUT2D eigenvalue weighted by Gasteiger charge is -2.06. The Morgan fingerprint density at radius 1 is 0.343 bits per heavy atom. The molecule has 0 unspecified atom stereocenters. The molecule has 0 spiro atoms. The first kappa shape index (κ1) is 58.3. The summed E-state index contributed by atoms with van der Waals surface area (Å²) < 4.78 is 11.6. The number of nitrogens with zero attached hydrogens (tertiary/aromatic N) is 3. The van der Waals surface area contributed by atoms with Crippen molar-refractivity contribution in [3.05, 3.63) is 216 Å². The maximum atomic E-state index is 8.63. The fourth-order valence-corrected chi connectivity index (χ4v) is 5.69. The number of rotatable bonds is 12. The summed E-state index contributed by atoms with van der Waals surface area (Å²) in [5.41, 5.74) is 5.33. The minimum absolute atomic E-state index is 0.322. The summed E-state index contributed by atoms with van der Waals surface area (Å²) in [4.78, 5) is 12.4. The first-order valence-electron chi connectivity index (χ1n) is 24.2. The van der Waals surface area contributed by atoms with Gasteiger partial charge in [0.25, 0.3) is 0 Å². The van der Waals surface area contributed by atoms with Crippen molar-refractivity contribution in [2.75, 3.05) is 23.7 Å². The second-order valence-electron chi connectivity index (χ2n) is 14.8. The Hall–Kier alpha value is -7.85. The van der Waals surface area contributed by atoms with Crippen LogP contribution in [0, 0.1) is 6.92 Å². The molecule has 0 bridgehead atoms. The second-order valence-corrected chi connectivity index (χ2v) is 14.8. The van der Waals surface area contributed by atoms with Gasteiger partial charge < -0.3 is 35.4 Å². The van der Waals surface area contributed by atoms with Crippen molar-refractivity contribution in [1.82, 2.24) is 15.0 Å². The molecule has 370 valence electrons. The average Bonchev–Trinajstić information content (AvgIpc) is 3.39. The van der Waals surface area contributed by atoms with Gasteiger partial charge in [-0.25, -0.2) is 0 Å². The molecule has 0 atom stereocenters. The Morgan fingerprint density at radius 3 is 0.743 bits per heavy atom. The Bertz CT molecular complexity index is 2180. The van der Waals surface area contributed by atoms with E-state index in [1.54, 1.807) is 72.8 Å². The number of ether oxygens (including phenoxy) is 2. The number of hydrogen-bond acceptors (Lipinski definition) is 10. The number of phenolic OH excluding ortho intramolecular Hbond substituents is 3. The minimum atomic E-state index is 0.322. The summed E-state index contributed by atoms with van der Waals surface area (Å²) >= 11 is 0. The zero-order valence-electron chi connectivity index (χ0n) is 42.6. The molecular weight excluding hydrogens is 871 g/mol. The number of aromatic hydroxyl groups is 3. The fourth-order valence-electron chi connectivity index (χ4n) is 5.69. The van der Waals surface area contributed by atoms with Crippen LogP contribution in [0.25, 0.3) is 0 Å². The predicted molar refractivity (Wildman–Crippen MR) is 292 cm³/mol.